The molecule has 6 nitrogen and oxygen atoms in total. The van der Waals surface area contributed by atoms with Gasteiger partial charge in [0.05, 0.1) is 28.4 Å². The molecule has 1 aliphatic rings. The lowest BCUT2D eigenvalue weighted by Gasteiger charge is -2.27. The fourth-order valence-corrected chi connectivity index (χ4v) is 2.91. The zero-order valence-corrected chi connectivity index (χ0v) is 15.5. The highest BCUT2D eigenvalue weighted by Gasteiger charge is 2.26. The van der Waals surface area contributed by atoms with Crippen molar-refractivity contribution in [2.45, 2.75) is 6.29 Å². The molecule has 1 atom stereocenters. The van der Waals surface area contributed by atoms with E-state index in [9.17, 15) is 0 Å². The van der Waals surface area contributed by atoms with E-state index >= 15 is 0 Å². The first-order chi connectivity index (χ1) is 12.6. The van der Waals surface area contributed by atoms with Crippen molar-refractivity contribution in [2.24, 2.45) is 0 Å². The molecule has 0 N–H and O–H groups in total. The van der Waals surface area contributed by atoms with Crippen LogP contribution in [0.5, 0.6) is 23.0 Å². The fraction of sp³-hybridized carbons (Fsp3) is 0.300. The van der Waals surface area contributed by atoms with Crippen molar-refractivity contribution >= 4 is 11.8 Å². The Labute approximate surface area is 152 Å². The lowest BCUT2D eigenvalue weighted by atomic mass is 10.0. The topological polar surface area (TPSA) is 55.4 Å². The molecule has 0 saturated carbocycles. The Hall–Kier alpha value is -2.86. The van der Waals surface area contributed by atoms with Crippen LogP contribution in [0, 0.1) is 0 Å². The fourth-order valence-electron chi connectivity index (χ4n) is 2.91. The van der Waals surface area contributed by atoms with Gasteiger partial charge in [-0.2, -0.15) is 0 Å². The molecule has 0 amide bonds. The first kappa shape index (κ1) is 17.9. The molecule has 138 valence electrons. The highest BCUT2D eigenvalue weighted by molar-refractivity contribution is 5.82. The van der Waals surface area contributed by atoms with Crippen LogP contribution in [0.2, 0.25) is 0 Å². The Balaban J connectivity index is 2.09. The predicted molar refractivity (Wildman–Crippen MR) is 97.8 cm³/mol. The van der Waals surface area contributed by atoms with E-state index in [2.05, 4.69) is 0 Å². The first-order valence-electron chi connectivity index (χ1n) is 8.04. The Morgan fingerprint density at radius 3 is 1.96 bits per heavy atom. The van der Waals surface area contributed by atoms with Gasteiger partial charge in [-0.1, -0.05) is 0 Å². The average Bonchev–Trinajstić information content (AvgIpc) is 2.70. The maximum absolute atomic E-state index is 6.04. The summed E-state index contributed by atoms with van der Waals surface area (Å²) < 4.78 is 33.0. The van der Waals surface area contributed by atoms with Gasteiger partial charge in [0, 0.05) is 18.2 Å². The number of benzene rings is 2. The molecule has 6 heteroatoms. The Morgan fingerprint density at radius 2 is 1.35 bits per heavy atom. The van der Waals surface area contributed by atoms with E-state index in [0.717, 1.165) is 16.7 Å². The summed E-state index contributed by atoms with van der Waals surface area (Å²) in [6.45, 7) is 0. The van der Waals surface area contributed by atoms with Crippen LogP contribution in [-0.4, -0.2) is 35.5 Å². The van der Waals surface area contributed by atoms with Crippen LogP contribution in [0.15, 0.2) is 30.3 Å². The van der Waals surface area contributed by atoms with Crippen LogP contribution in [-0.2, 0) is 9.47 Å². The standard InChI is InChI=1S/C20H22O6/c1-21-15-7-6-12(8-17(15)22-2)16-9-13-10-18(23-3)19(24-4)11-14(13)20(25-5)26-16/h6-11,20H,1-5H3/t20-/m1/s1. The van der Waals surface area contributed by atoms with Crippen LogP contribution >= 0.6 is 0 Å². The molecule has 2 aromatic carbocycles. The van der Waals surface area contributed by atoms with Gasteiger partial charge in [0.2, 0.25) is 6.29 Å². The molecule has 0 fully saturated rings. The average molecular weight is 358 g/mol. The third kappa shape index (κ3) is 3.15. The second-order valence-electron chi connectivity index (χ2n) is 5.60. The number of ether oxygens (including phenoxy) is 6. The predicted octanol–water partition coefficient (Wildman–Crippen LogP) is 3.89. The van der Waals surface area contributed by atoms with Gasteiger partial charge in [0.15, 0.2) is 23.0 Å². The summed E-state index contributed by atoms with van der Waals surface area (Å²) in [4.78, 5) is 0. The van der Waals surface area contributed by atoms with Gasteiger partial charge in [0.1, 0.15) is 5.76 Å². The van der Waals surface area contributed by atoms with Crippen molar-refractivity contribution in [3.8, 4) is 23.0 Å². The van der Waals surface area contributed by atoms with E-state index in [1.807, 2.05) is 36.4 Å². The lowest BCUT2D eigenvalue weighted by molar-refractivity contribution is -0.0766. The molecule has 26 heavy (non-hydrogen) atoms. The monoisotopic (exact) mass is 358 g/mol. The molecule has 1 heterocycles. The zero-order valence-electron chi connectivity index (χ0n) is 15.5. The number of fused-ring (bicyclic) bond motifs is 1. The van der Waals surface area contributed by atoms with Crippen LogP contribution in [0.4, 0.5) is 0 Å². The molecular weight excluding hydrogens is 336 g/mol. The van der Waals surface area contributed by atoms with Gasteiger partial charge in [-0.3, -0.25) is 0 Å². The third-order valence-corrected chi connectivity index (χ3v) is 4.25. The maximum Gasteiger partial charge on any atom is 0.227 e. The molecule has 0 radical (unpaired) electrons. The van der Waals surface area contributed by atoms with Crippen molar-refractivity contribution in [1.29, 1.82) is 0 Å². The quantitative estimate of drug-likeness (QED) is 0.781. The number of hydrogen-bond donors (Lipinski definition) is 0. The molecule has 1 aliphatic heterocycles. The Kier molecular flexibility index (Phi) is 5.23. The van der Waals surface area contributed by atoms with Crippen LogP contribution in [0.25, 0.3) is 11.8 Å². The molecule has 3 rings (SSSR count). The van der Waals surface area contributed by atoms with Gasteiger partial charge in [-0.15, -0.1) is 0 Å². The molecule has 0 bridgehead atoms. The highest BCUT2D eigenvalue weighted by Crippen LogP contribution is 2.42. The second kappa shape index (κ2) is 7.58. The van der Waals surface area contributed by atoms with Gasteiger partial charge in [-0.05, 0) is 42.0 Å². The van der Waals surface area contributed by atoms with E-state index < -0.39 is 6.29 Å². The minimum absolute atomic E-state index is 0.557. The van der Waals surface area contributed by atoms with Crippen molar-refractivity contribution in [2.75, 3.05) is 35.5 Å². The summed E-state index contributed by atoms with van der Waals surface area (Å²) >= 11 is 0. The van der Waals surface area contributed by atoms with Crippen molar-refractivity contribution in [3.05, 3.63) is 47.0 Å². The van der Waals surface area contributed by atoms with Crippen molar-refractivity contribution in [1.82, 2.24) is 0 Å². The smallest absolute Gasteiger partial charge is 0.227 e. The summed E-state index contributed by atoms with van der Waals surface area (Å²) in [5, 5.41) is 0. The summed E-state index contributed by atoms with van der Waals surface area (Å²) in [5.74, 6) is 3.22. The van der Waals surface area contributed by atoms with Gasteiger partial charge in [-0.25, -0.2) is 0 Å². The summed E-state index contributed by atoms with van der Waals surface area (Å²) in [7, 11) is 8.01. The van der Waals surface area contributed by atoms with Crippen LogP contribution < -0.4 is 18.9 Å². The van der Waals surface area contributed by atoms with E-state index in [-0.39, 0.29) is 0 Å². The molecule has 0 unspecified atom stereocenters. The van der Waals surface area contributed by atoms with Crippen LogP contribution in [0.1, 0.15) is 23.0 Å². The number of methoxy groups -OCH3 is 5. The number of rotatable bonds is 6. The van der Waals surface area contributed by atoms with Crippen molar-refractivity contribution in [3.63, 3.8) is 0 Å². The largest absolute Gasteiger partial charge is 0.493 e. The normalized spacial score (nSPS) is 15.4. The minimum atomic E-state index is -0.557. The van der Waals surface area contributed by atoms with E-state index in [1.54, 1.807) is 35.5 Å². The third-order valence-electron chi connectivity index (χ3n) is 4.25. The molecule has 0 aliphatic carbocycles. The Morgan fingerprint density at radius 1 is 0.731 bits per heavy atom. The zero-order chi connectivity index (χ0) is 18.7. The molecule has 0 aromatic heterocycles. The van der Waals surface area contributed by atoms with Crippen LogP contribution in [0.3, 0.4) is 0 Å². The first-order valence-corrected chi connectivity index (χ1v) is 8.04. The van der Waals surface area contributed by atoms with E-state index in [0.29, 0.717) is 28.8 Å². The summed E-state index contributed by atoms with van der Waals surface area (Å²) in [5.41, 5.74) is 2.66. The summed E-state index contributed by atoms with van der Waals surface area (Å²) in [6.07, 6.45) is 1.38. The van der Waals surface area contributed by atoms with E-state index in [1.165, 1.54) is 0 Å². The molecule has 0 saturated heterocycles. The number of hydrogen-bond acceptors (Lipinski definition) is 6. The molecule has 0 spiro atoms. The van der Waals surface area contributed by atoms with Gasteiger partial charge in [0.25, 0.3) is 0 Å². The molecule has 2 aromatic rings. The van der Waals surface area contributed by atoms with E-state index in [4.69, 9.17) is 28.4 Å². The lowest BCUT2D eigenvalue weighted by Crippen LogP contribution is -2.12. The summed E-state index contributed by atoms with van der Waals surface area (Å²) in [6, 6.07) is 9.38. The highest BCUT2D eigenvalue weighted by atomic mass is 16.7. The van der Waals surface area contributed by atoms with Gasteiger partial charge < -0.3 is 28.4 Å². The maximum atomic E-state index is 6.04. The SMILES string of the molecule is COc1ccc(C2=Cc3cc(OC)c(OC)cc3[C@H](OC)O2)cc1OC. The second-order valence-corrected chi connectivity index (χ2v) is 5.60. The van der Waals surface area contributed by atoms with Crippen molar-refractivity contribution < 1.29 is 28.4 Å². The molecular formula is C20H22O6. The minimum Gasteiger partial charge on any atom is -0.493 e. The Bertz CT molecular complexity index is 827. The van der Waals surface area contributed by atoms with Gasteiger partial charge >= 0.3 is 0 Å².